The zero-order chi connectivity index (χ0) is 18.1. The molecule has 0 unspecified atom stereocenters. The molecule has 1 N–H and O–H groups in total. The summed E-state index contributed by atoms with van der Waals surface area (Å²) in [6.45, 7) is 4.52. The van der Waals surface area contributed by atoms with E-state index in [0.29, 0.717) is 12.4 Å². The molecule has 0 bridgehead atoms. The van der Waals surface area contributed by atoms with E-state index in [2.05, 4.69) is 27.2 Å². The molecule has 0 aliphatic rings. The second kappa shape index (κ2) is 6.80. The van der Waals surface area contributed by atoms with Gasteiger partial charge in [-0.05, 0) is 43.7 Å². The van der Waals surface area contributed by atoms with Crippen LogP contribution in [-0.2, 0) is 6.54 Å². The Labute approximate surface area is 154 Å². The van der Waals surface area contributed by atoms with Gasteiger partial charge in [0.25, 0.3) is 0 Å². The topological polar surface area (TPSA) is 50.7 Å². The number of nitrogens with zero attached hydrogens (tertiary/aromatic N) is 3. The van der Waals surface area contributed by atoms with Crippen LogP contribution in [0.25, 0.3) is 21.3 Å². The third-order valence-electron chi connectivity index (χ3n) is 4.14. The van der Waals surface area contributed by atoms with Crippen molar-refractivity contribution in [2.45, 2.75) is 20.4 Å². The van der Waals surface area contributed by atoms with Crippen LogP contribution in [0, 0.1) is 19.7 Å². The highest BCUT2D eigenvalue weighted by atomic mass is 32.1. The zero-order valence-electron chi connectivity index (χ0n) is 14.5. The van der Waals surface area contributed by atoms with Gasteiger partial charge >= 0.3 is 0 Å². The first-order valence-corrected chi connectivity index (χ1v) is 9.11. The Bertz CT molecular complexity index is 1060. The van der Waals surface area contributed by atoms with Crippen LogP contribution in [-0.4, -0.2) is 15.0 Å². The fourth-order valence-electron chi connectivity index (χ4n) is 2.99. The molecule has 0 radical (unpaired) electrons. The summed E-state index contributed by atoms with van der Waals surface area (Å²) in [5.41, 5.74) is 2.95. The largest absolute Gasteiger partial charge is 0.364 e. The lowest BCUT2D eigenvalue weighted by Gasteiger charge is -2.10. The van der Waals surface area contributed by atoms with Crippen LogP contribution in [0.1, 0.15) is 16.4 Å². The normalized spacial score (nSPS) is 11.0. The number of nitrogens with one attached hydrogen (secondary N) is 1. The van der Waals surface area contributed by atoms with E-state index in [-0.39, 0.29) is 5.82 Å². The van der Waals surface area contributed by atoms with Gasteiger partial charge in [-0.2, -0.15) is 0 Å². The standard InChI is InChI=1S/C20H17FN4S/c1-12-17(14-6-8-15(21)9-7-14)18-19(24-13(2)25-20(18)26-12)23-11-16-5-3-4-10-22-16/h3-10H,11H2,1-2H3,(H,23,24,25). The molecule has 0 aliphatic carbocycles. The Hall–Kier alpha value is -2.86. The smallest absolute Gasteiger partial charge is 0.139 e. The van der Waals surface area contributed by atoms with E-state index in [0.717, 1.165) is 37.7 Å². The van der Waals surface area contributed by atoms with Gasteiger partial charge in [-0.3, -0.25) is 4.98 Å². The summed E-state index contributed by atoms with van der Waals surface area (Å²) in [6.07, 6.45) is 1.77. The molecule has 0 fully saturated rings. The van der Waals surface area contributed by atoms with Crippen LogP contribution < -0.4 is 5.32 Å². The van der Waals surface area contributed by atoms with E-state index in [9.17, 15) is 4.39 Å². The summed E-state index contributed by atoms with van der Waals surface area (Å²) in [5.74, 6) is 1.25. The first-order chi connectivity index (χ1) is 12.6. The van der Waals surface area contributed by atoms with Crippen LogP contribution in [0.3, 0.4) is 0 Å². The highest BCUT2D eigenvalue weighted by Gasteiger charge is 2.17. The van der Waals surface area contributed by atoms with Gasteiger partial charge in [0.2, 0.25) is 0 Å². The number of fused-ring (bicyclic) bond motifs is 1. The maximum absolute atomic E-state index is 13.3. The van der Waals surface area contributed by atoms with Crippen molar-refractivity contribution >= 4 is 27.4 Å². The minimum absolute atomic E-state index is 0.244. The third kappa shape index (κ3) is 3.15. The number of pyridine rings is 1. The lowest BCUT2D eigenvalue weighted by Crippen LogP contribution is -2.05. The van der Waals surface area contributed by atoms with Crippen LogP contribution in [0.2, 0.25) is 0 Å². The highest BCUT2D eigenvalue weighted by Crippen LogP contribution is 2.40. The molecule has 0 saturated carbocycles. The molecular weight excluding hydrogens is 347 g/mol. The number of hydrogen-bond acceptors (Lipinski definition) is 5. The Morgan fingerprint density at radius 2 is 1.85 bits per heavy atom. The molecule has 3 aromatic heterocycles. The summed E-state index contributed by atoms with van der Waals surface area (Å²) < 4.78 is 13.3. The van der Waals surface area contributed by atoms with E-state index in [4.69, 9.17) is 0 Å². The molecular formula is C20H17FN4S. The molecule has 3 heterocycles. The van der Waals surface area contributed by atoms with E-state index < -0.39 is 0 Å². The van der Waals surface area contributed by atoms with Crippen LogP contribution >= 0.6 is 11.3 Å². The number of thiophene rings is 1. The number of hydrogen-bond donors (Lipinski definition) is 1. The van der Waals surface area contributed by atoms with Crippen LogP contribution in [0.4, 0.5) is 10.2 Å². The van der Waals surface area contributed by atoms with Gasteiger partial charge in [-0.15, -0.1) is 11.3 Å². The number of anilines is 1. The number of benzene rings is 1. The lowest BCUT2D eigenvalue weighted by atomic mass is 10.0. The van der Waals surface area contributed by atoms with Crippen molar-refractivity contribution < 1.29 is 4.39 Å². The number of rotatable bonds is 4. The van der Waals surface area contributed by atoms with Crippen molar-refractivity contribution in [1.29, 1.82) is 0 Å². The predicted molar refractivity (Wildman–Crippen MR) is 104 cm³/mol. The summed E-state index contributed by atoms with van der Waals surface area (Å²) in [7, 11) is 0. The third-order valence-corrected chi connectivity index (χ3v) is 5.13. The average Bonchev–Trinajstić information content (AvgIpc) is 2.97. The predicted octanol–water partition coefficient (Wildman–Crippen LogP) is 5.12. The SMILES string of the molecule is Cc1nc(NCc2ccccn2)c2c(-c3ccc(F)cc3)c(C)sc2n1. The van der Waals surface area contributed by atoms with Crippen LogP contribution in [0.5, 0.6) is 0 Å². The fourth-order valence-corrected chi connectivity index (χ4v) is 4.08. The Balaban J connectivity index is 1.82. The van der Waals surface area contributed by atoms with Crippen molar-refractivity contribution in [2.75, 3.05) is 5.32 Å². The second-order valence-corrected chi connectivity index (χ2v) is 7.22. The number of aromatic nitrogens is 3. The van der Waals surface area contributed by atoms with Gasteiger partial charge in [0.1, 0.15) is 22.3 Å². The molecule has 0 spiro atoms. The lowest BCUT2D eigenvalue weighted by molar-refractivity contribution is 0.628. The van der Waals surface area contributed by atoms with Crippen LogP contribution in [0.15, 0.2) is 48.7 Å². The quantitative estimate of drug-likeness (QED) is 0.546. The molecule has 1 aromatic carbocycles. The van der Waals surface area contributed by atoms with Crippen molar-refractivity contribution in [3.63, 3.8) is 0 Å². The molecule has 4 aromatic rings. The molecule has 0 atom stereocenters. The molecule has 6 heteroatoms. The first kappa shape index (κ1) is 16.6. The van der Waals surface area contributed by atoms with E-state index in [1.165, 1.54) is 12.1 Å². The zero-order valence-corrected chi connectivity index (χ0v) is 15.3. The highest BCUT2D eigenvalue weighted by molar-refractivity contribution is 7.19. The molecule has 4 rings (SSSR count). The van der Waals surface area contributed by atoms with Gasteiger partial charge in [-0.25, -0.2) is 14.4 Å². The summed E-state index contributed by atoms with van der Waals surface area (Å²) in [5, 5.41) is 4.37. The van der Waals surface area contributed by atoms with Gasteiger partial charge in [0.05, 0.1) is 17.6 Å². The molecule has 0 aliphatic heterocycles. The van der Waals surface area contributed by atoms with E-state index in [1.807, 2.05) is 25.1 Å². The summed E-state index contributed by atoms with van der Waals surface area (Å²) >= 11 is 1.63. The number of halogens is 1. The van der Waals surface area contributed by atoms with E-state index in [1.54, 1.807) is 29.7 Å². The van der Waals surface area contributed by atoms with Gasteiger partial charge < -0.3 is 5.32 Å². The van der Waals surface area contributed by atoms with Gasteiger partial charge in [-0.1, -0.05) is 18.2 Å². The molecule has 4 nitrogen and oxygen atoms in total. The molecule has 0 saturated heterocycles. The number of aryl methyl sites for hydroxylation is 2. The Morgan fingerprint density at radius 3 is 2.58 bits per heavy atom. The first-order valence-electron chi connectivity index (χ1n) is 8.29. The van der Waals surface area contributed by atoms with Gasteiger partial charge in [0.15, 0.2) is 0 Å². The Kier molecular flexibility index (Phi) is 4.34. The van der Waals surface area contributed by atoms with Crippen molar-refractivity contribution in [2.24, 2.45) is 0 Å². The summed E-state index contributed by atoms with van der Waals surface area (Å²) in [4.78, 5) is 15.6. The maximum Gasteiger partial charge on any atom is 0.139 e. The average molecular weight is 364 g/mol. The van der Waals surface area contributed by atoms with Crippen molar-refractivity contribution in [3.8, 4) is 11.1 Å². The molecule has 0 amide bonds. The maximum atomic E-state index is 13.3. The second-order valence-electron chi connectivity index (χ2n) is 6.01. The molecule has 130 valence electrons. The van der Waals surface area contributed by atoms with Crippen molar-refractivity contribution in [1.82, 2.24) is 15.0 Å². The minimum Gasteiger partial charge on any atom is -0.364 e. The fraction of sp³-hybridized carbons (Fsp3) is 0.150. The van der Waals surface area contributed by atoms with Gasteiger partial charge in [0, 0.05) is 16.6 Å². The molecule has 26 heavy (non-hydrogen) atoms. The van der Waals surface area contributed by atoms with Crippen molar-refractivity contribution in [3.05, 3.63) is 70.9 Å². The monoisotopic (exact) mass is 364 g/mol. The minimum atomic E-state index is -0.244. The van der Waals surface area contributed by atoms with E-state index >= 15 is 0 Å². The Morgan fingerprint density at radius 1 is 1.04 bits per heavy atom. The summed E-state index contributed by atoms with van der Waals surface area (Å²) in [6, 6.07) is 12.4.